The van der Waals surface area contributed by atoms with Gasteiger partial charge in [0.15, 0.2) is 6.61 Å². The summed E-state index contributed by atoms with van der Waals surface area (Å²) in [5, 5.41) is 6.28. The third-order valence-electron chi connectivity index (χ3n) is 4.57. The summed E-state index contributed by atoms with van der Waals surface area (Å²) in [4.78, 5) is 38.1. The van der Waals surface area contributed by atoms with E-state index in [1.807, 2.05) is 0 Å². The third-order valence-corrected chi connectivity index (χ3v) is 4.57. The SMILES string of the molecule is COc1ccccc1NC(=O)C(=O)N/N=C\c1ccccc1OCC(=O)N1CCOCC1. The van der Waals surface area contributed by atoms with Crippen LogP contribution in [0, 0.1) is 0 Å². The Morgan fingerprint density at radius 2 is 1.72 bits per heavy atom. The first-order valence-electron chi connectivity index (χ1n) is 9.93. The lowest BCUT2D eigenvalue weighted by Crippen LogP contribution is -2.43. The molecule has 1 saturated heterocycles. The molecule has 0 saturated carbocycles. The minimum absolute atomic E-state index is 0.126. The van der Waals surface area contributed by atoms with Gasteiger partial charge in [-0.25, -0.2) is 5.43 Å². The minimum Gasteiger partial charge on any atom is -0.495 e. The van der Waals surface area contributed by atoms with Crippen molar-refractivity contribution >= 4 is 29.6 Å². The molecule has 168 valence electrons. The van der Waals surface area contributed by atoms with Crippen molar-refractivity contribution in [3.63, 3.8) is 0 Å². The molecule has 3 amide bonds. The van der Waals surface area contributed by atoms with Crippen LogP contribution in [0.5, 0.6) is 11.5 Å². The Labute approximate surface area is 185 Å². The quantitative estimate of drug-likeness (QED) is 0.377. The number of methoxy groups -OCH3 is 1. The Morgan fingerprint density at radius 3 is 2.47 bits per heavy atom. The van der Waals surface area contributed by atoms with E-state index in [0.717, 1.165) is 0 Å². The van der Waals surface area contributed by atoms with E-state index in [9.17, 15) is 14.4 Å². The van der Waals surface area contributed by atoms with E-state index in [1.165, 1.54) is 13.3 Å². The van der Waals surface area contributed by atoms with E-state index in [4.69, 9.17) is 14.2 Å². The number of carbonyl (C=O) groups is 3. The van der Waals surface area contributed by atoms with E-state index in [-0.39, 0.29) is 12.5 Å². The number of nitrogens with one attached hydrogen (secondary N) is 2. The zero-order chi connectivity index (χ0) is 22.8. The Hall–Kier alpha value is -3.92. The molecule has 0 bridgehead atoms. The maximum absolute atomic E-state index is 12.3. The van der Waals surface area contributed by atoms with Crippen molar-refractivity contribution in [3.05, 3.63) is 54.1 Å². The van der Waals surface area contributed by atoms with Crippen LogP contribution in [0.25, 0.3) is 0 Å². The standard InChI is InChI=1S/C22H24N4O6/c1-30-19-9-5-3-7-17(19)24-21(28)22(29)25-23-14-16-6-2-4-8-18(16)32-15-20(27)26-10-12-31-13-11-26/h2-9,14H,10-13,15H2,1H3,(H,24,28)(H,25,29)/b23-14-. The molecule has 10 nitrogen and oxygen atoms in total. The number of nitrogens with zero attached hydrogens (tertiary/aromatic N) is 2. The first-order valence-corrected chi connectivity index (χ1v) is 9.93. The number of benzene rings is 2. The van der Waals surface area contributed by atoms with E-state index in [0.29, 0.717) is 49.1 Å². The molecule has 0 spiro atoms. The van der Waals surface area contributed by atoms with Gasteiger partial charge in [-0.05, 0) is 24.3 Å². The molecule has 2 N–H and O–H groups in total. The average molecular weight is 440 g/mol. The molecule has 0 aliphatic carbocycles. The molecule has 2 aromatic carbocycles. The minimum atomic E-state index is -0.951. The van der Waals surface area contributed by atoms with Crippen LogP contribution < -0.4 is 20.2 Å². The van der Waals surface area contributed by atoms with Gasteiger partial charge >= 0.3 is 11.8 Å². The van der Waals surface area contributed by atoms with Gasteiger partial charge < -0.3 is 24.4 Å². The zero-order valence-electron chi connectivity index (χ0n) is 17.6. The number of anilines is 1. The molecule has 1 heterocycles. The van der Waals surface area contributed by atoms with Gasteiger partial charge in [0.2, 0.25) is 0 Å². The number of para-hydroxylation sites is 3. The third kappa shape index (κ3) is 6.29. The fourth-order valence-electron chi connectivity index (χ4n) is 2.90. The van der Waals surface area contributed by atoms with Gasteiger partial charge in [0, 0.05) is 18.7 Å². The van der Waals surface area contributed by atoms with Gasteiger partial charge in [0.1, 0.15) is 11.5 Å². The van der Waals surface area contributed by atoms with Crippen molar-refractivity contribution < 1.29 is 28.6 Å². The molecule has 3 rings (SSSR count). The van der Waals surface area contributed by atoms with E-state index >= 15 is 0 Å². The van der Waals surface area contributed by atoms with Crippen LogP contribution in [-0.4, -0.2) is 68.9 Å². The maximum atomic E-state index is 12.3. The van der Waals surface area contributed by atoms with E-state index < -0.39 is 11.8 Å². The predicted octanol–water partition coefficient (Wildman–Crippen LogP) is 1.02. The van der Waals surface area contributed by atoms with E-state index in [1.54, 1.807) is 53.4 Å². The van der Waals surface area contributed by atoms with Crippen molar-refractivity contribution in [2.24, 2.45) is 5.10 Å². The normalized spacial score (nSPS) is 13.5. The predicted molar refractivity (Wildman–Crippen MR) is 117 cm³/mol. The smallest absolute Gasteiger partial charge is 0.329 e. The summed E-state index contributed by atoms with van der Waals surface area (Å²) in [5.41, 5.74) is 3.06. The average Bonchev–Trinajstić information content (AvgIpc) is 2.84. The first-order chi connectivity index (χ1) is 15.6. The number of ether oxygens (including phenoxy) is 3. The summed E-state index contributed by atoms with van der Waals surface area (Å²) in [6.07, 6.45) is 1.34. The van der Waals surface area contributed by atoms with Crippen LogP contribution in [0.2, 0.25) is 0 Å². The van der Waals surface area contributed by atoms with Crippen LogP contribution in [0.3, 0.4) is 0 Å². The van der Waals surface area contributed by atoms with Gasteiger partial charge in [0.05, 0.1) is 32.2 Å². The molecule has 0 aromatic heterocycles. The van der Waals surface area contributed by atoms with Gasteiger partial charge in [-0.15, -0.1) is 0 Å². The van der Waals surface area contributed by atoms with Crippen LogP contribution in [0.15, 0.2) is 53.6 Å². The highest BCUT2D eigenvalue weighted by molar-refractivity contribution is 6.39. The zero-order valence-corrected chi connectivity index (χ0v) is 17.6. The fourth-order valence-corrected chi connectivity index (χ4v) is 2.90. The van der Waals surface area contributed by atoms with Crippen LogP contribution >= 0.6 is 0 Å². The molecule has 10 heteroatoms. The molecule has 2 aromatic rings. The Kier molecular flexibility index (Phi) is 8.15. The molecule has 0 atom stereocenters. The van der Waals surface area contributed by atoms with Gasteiger partial charge in [-0.3, -0.25) is 14.4 Å². The molecular formula is C22H24N4O6. The lowest BCUT2D eigenvalue weighted by atomic mass is 10.2. The second-order valence-electron chi connectivity index (χ2n) is 6.67. The molecule has 1 aliphatic rings. The monoisotopic (exact) mass is 440 g/mol. The van der Waals surface area contributed by atoms with Gasteiger partial charge in [0.25, 0.3) is 5.91 Å². The highest BCUT2D eigenvalue weighted by Crippen LogP contribution is 2.22. The summed E-state index contributed by atoms with van der Waals surface area (Å²) < 4.78 is 16.0. The van der Waals surface area contributed by atoms with Crippen molar-refractivity contribution in [1.29, 1.82) is 0 Å². The molecule has 32 heavy (non-hydrogen) atoms. The number of morpholine rings is 1. The lowest BCUT2D eigenvalue weighted by Gasteiger charge is -2.26. The number of carbonyl (C=O) groups excluding carboxylic acids is 3. The topological polar surface area (TPSA) is 119 Å². The van der Waals surface area contributed by atoms with Crippen molar-refractivity contribution in [2.45, 2.75) is 0 Å². The number of rotatable bonds is 7. The lowest BCUT2D eigenvalue weighted by molar-refractivity contribution is -0.137. The molecule has 0 unspecified atom stereocenters. The fraction of sp³-hybridized carbons (Fsp3) is 0.273. The summed E-state index contributed by atoms with van der Waals surface area (Å²) in [5.74, 6) is -1.14. The second-order valence-corrected chi connectivity index (χ2v) is 6.67. The highest BCUT2D eigenvalue weighted by Gasteiger charge is 2.18. The van der Waals surface area contributed by atoms with Crippen LogP contribution in [-0.2, 0) is 19.1 Å². The van der Waals surface area contributed by atoms with Gasteiger partial charge in [-0.1, -0.05) is 24.3 Å². The number of hydrogen-bond donors (Lipinski definition) is 2. The van der Waals surface area contributed by atoms with Crippen molar-refractivity contribution in [2.75, 3.05) is 45.3 Å². The highest BCUT2D eigenvalue weighted by atomic mass is 16.5. The first kappa shape index (κ1) is 22.8. The van der Waals surface area contributed by atoms with Crippen molar-refractivity contribution in [1.82, 2.24) is 10.3 Å². The van der Waals surface area contributed by atoms with E-state index in [2.05, 4.69) is 15.8 Å². The summed E-state index contributed by atoms with van der Waals surface area (Å²) in [6.45, 7) is 1.97. The maximum Gasteiger partial charge on any atom is 0.329 e. The molecule has 1 fully saturated rings. The number of hydrazone groups is 1. The summed E-state index contributed by atoms with van der Waals surface area (Å²) in [7, 11) is 1.46. The Balaban J connectivity index is 1.54. The molecular weight excluding hydrogens is 416 g/mol. The number of hydrogen-bond acceptors (Lipinski definition) is 7. The van der Waals surface area contributed by atoms with Gasteiger partial charge in [-0.2, -0.15) is 5.10 Å². The molecule has 1 aliphatic heterocycles. The van der Waals surface area contributed by atoms with Crippen molar-refractivity contribution in [3.8, 4) is 11.5 Å². The van der Waals surface area contributed by atoms with Crippen LogP contribution in [0.4, 0.5) is 5.69 Å². The summed E-state index contributed by atoms with van der Waals surface area (Å²) >= 11 is 0. The number of amides is 3. The summed E-state index contributed by atoms with van der Waals surface area (Å²) in [6, 6.07) is 13.6. The Bertz CT molecular complexity index is 988. The Morgan fingerprint density at radius 1 is 1.03 bits per heavy atom. The van der Waals surface area contributed by atoms with Crippen LogP contribution in [0.1, 0.15) is 5.56 Å². The second kappa shape index (κ2) is 11.5. The molecule has 0 radical (unpaired) electrons. The largest absolute Gasteiger partial charge is 0.495 e.